The Balaban J connectivity index is 3.45. The smallest absolute Gasteiger partial charge is 0.0564 e. The molecule has 0 spiro atoms. The van der Waals surface area contributed by atoms with Crippen molar-refractivity contribution in [3.05, 3.63) is 0 Å². The van der Waals surface area contributed by atoms with Gasteiger partial charge in [-0.15, -0.1) is 0 Å². The van der Waals surface area contributed by atoms with Crippen LogP contribution < -0.4 is 5.73 Å². The molecule has 0 amide bonds. The molecular formula is C9H21NOS. The van der Waals surface area contributed by atoms with Crippen LogP contribution in [0.25, 0.3) is 0 Å². The van der Waals surface area contributed by atoms with Gasteiger partial charge in [0.05, 0.1) is 6.61 Å². The maximum absolute atomic E-state index is 8.96. The number of hydrogen-bond donors (Lipinski definition) is 2. The second kappa shape index (κ2) is 6.75. The van der Waals surface area contributed by atoms with E-state index in [1.165, 1.54) is 6.42 Å². The number of rotatable bonds is 6. The van der Waals surface area contributed by atoms with Crippen molar-refractivity contribution in [1.82, 2.24) is 0 Å². The number of nitrogens with two attached hydrogens (primary N) is 1. The lowest BCUT2D eigenvalue weighted by Gasteiger charge is -2.17. The molecule has 0 saturated carbocycles. The molecule has 0 aliphatic rings. The molecule has 0 bridgehead atoms. The minimum atomic E-state index is 0.0900. The molecule has 0 aliphatic heterocycles. The minimum Gasteiger partial charge on any atom is -0.395 e. The maximum atomic E-state index is 8.96. The van der Waals surface area contributed by atoms with Gasteiger partial charge in [0.1, 0.15) is 0 Å². The third kappa shape index (κ3) is 5.86. The van der Waals surface area contributed by atoms with Crippen molar-refractivity contribution in [2.45, 2.75) is 38.5 Å². The average molecular weight is 191 g/mol. The van der Waals surface area contributed by atoms with E-state index < -0.39 is 0 Å². The summed E-state index contributed by atoms with van der Waals surface area (Å²) in [6, 6.07) is 0.0900. The van der Waals surface area contributed by atoms with E-state index in [0.717, 1.165) is 11.7 Å². The van der Waals surface area contributed by atoms with E-state index in [2.05, 4.69) is 13.8 Å². The monoisotopic (exact) mass is 191 g/mol. The molecule has 0 saturated heterocycles. The summed E-state index contributed by atoms with van der Waals surface area (Å²) in [7, 11) is 0. The molecule has 2 unspecified atom stereocenters. The highest BCUT2D eigenvalue weighted by molar-refractivity contribution is 7.99. The topological polar surface area (TPSA) is 46.2 Å². The number of hydrogen-bond acceptors (Lipinski definition) is 3. The van der Waals surface area contributed by atoms with E-state index in [4.69, 9.17) is 10.8 Å². The Morgan fingerprint density at radius 1 is 1.33 bits per heavy atom. The van der Waals surface area contributed by atoms with Crippen LogP contribution in [0.2, 0.25) is 0 Å². The van der Waals surface area contributed by atoms with Crippen molar-refractivity contribution in [1.29, 1.82) is 0 Å². The van der Waals surface area contributed by atoms with Crippen molar-refractivity contribution in [3.8, 4) is 0 Å². The van der Waals surface area contributed by atoms with E-state index in [1.807, 2.05) is 6.92 Å². The summed E-state index contributed by atoms with van der Waals surface area (Å²) in [5.41, 5.74) is 5.68. The van der Waals surface area contributed by atoms with Gasteiger partial charge in [0.25, 0.3) is 0 Å². The first-order valence-corrected chi connectivity index (χ1v) is 5.60. The van der Waals surface area contributed by atoms with Gasteiger partial charge in [0.2, 0.25) is 0 Å². The third-order valence-corrected chi connectivity index (χ3v) is 3.27. The third-order valence-electron chi connectivity index (χ3n) is 1.79. The Morgan fingerprint density at radius 3 is 2.25 bits per heavy atom. The van der Waals surface area contributed by atoms with Crippen molar-refractivity contribution < 1.29 is 5.11 Å². The highest BCUT2D eigenvalue weighted by atomic mass is 32.2. The van der Waals surface area contributed by atoms with Gasteiger partial charge in [-0.25, -0.2) is 0 Å². The molecule has 0 rings (SSSR count). The molecule has 3 N–H and O–H groups in total. The molecule has 0 radical (unpaired) electrons. The van der Waals surface area contributed by atoms with Crippen LogP contribution >= 0.6 is 11.8 Å². The summed E-state index contributed by atoms with van der Waals surface area (Å²) in [4.78, 5) is 0. The van der Waals surface area contributed by atoms with Gasteiger partial charge in [-0.2, -0.15) is 11.8 Å². The van der Waals surface area contributed by atoms with Gasteiger partial charge in [0, 0.05) is 11.3 Å². The van der Waals surface area contributed by atoms with Crippen LogP contribution in [-0.4, -0.2) is 28.8 Å². The summed E-state index contributed by atoms with van der Waals surface area (Å²) in [5, 5.41) is 9.17. The second-order valence-electron chi connectivity index (χ2n) is 3.63. The number of aliphatic hydroxyl groups excluding tert-OH is 1. The fourth-order valence-corrected chi connectivity index (χ4v) is 2.15. The Labute approximate surface area is 79.9 Å². The first-order chi connectivity index (χ1) is 5.57. The predicted molar refractivity (Wildman–Crippen MR) is 56.4 cm³/mol. The van der Waals surface area contributed by atoms with Gasteiger partial charge in [-0.1, -0.05) is 13.8 Å². The Kier molecular flexibility index (Phi) is 6.90. The second-order valence-corrected chi connectivity index (χ2v) is 4.98. The molecule has 0 heterocycles. The standard InChI is InChI=1S/C9H21NOS/c1-7(2)4-5-12-9(6-11)8(3)10/h7-9,11H,4-6,10H2,1-3H3. The normalized spacial score (nSPS) is 16.5. The van der Waals surface area contributed by atoms with Crippen LogP contribution in [0.15, 0.2) is 0 Å². The molecule has 2 atom stereocenters. The quantitative estimate of drug-likeness (QED) is 0.668. The van der Waals surface area contributed by atoms with Gasteiger partial charge in [0.15, 0.2) is 0 Å². The lowest BCUT2D eigenvalue weighted by atomic mass is 10.2. The summed E-state index contributed by atoms with van der Waals surface area (Å²) in [5.74, 6) is 1.84. The Morgan fingerprint density at radius 2 is 1.92 bits per heavy atom. The first-order valence-electron chi connectivity index (χ1n) is 4.56. The predicted octanol–water partition coefficient (Wildman–Crippen LogP) is 1.47. The molecule has 0 aromatic carbocycles. The number of aliphatic hydroxyl groups is 1. The van der Waals surface area contributed by atoms with Gasteiger partial charge in [-0.05, 0) is 25.0 Å². The molecule has 0 aromatic rings. The van der Waals surface area contributed by atoms with Crippen LogP contribution in [0.5, 0.6) is 0 Å². The van der Waals surface area contributed by atoms with Crippen LogP contribution in [-0.2, 0) is 0 Å². The highest BCUT2D eigenvalue weighted by Crippen LogP contribution is 2.16. The highest BCUT2D eigenvalue weighted by Gasteiger charge is 2.12. The van der Waals surface area contributed by atoms with Crippen molar-refractivity contribution in [2.75, 3.05) is 12.4 Å². The van der Waals surface area contributed by atoms with Crippen molar-refractivity contribution in [2.24, 2.45) is 11.7 Å². The molecule has 2 nitrogen and oxygen atoms in total. The van der Waals surface area contributed by atoms with Gasteiger partial charge >= 0.3 is 0 Å². The van der Waals surface area contributed by atoms with E-state index in [0.29, 0.717) is 0 Å². The summed E-state index contributed by atoms with van der Waals surface area (Å²) >= 11 is 1.78. The zero-order chi connectivity index (χ0) is 9.56. The molecule has 3 heteroatoms. The Hall–Kier alpha value is 0.270. The van der Waals surface area contributed by atoms with Gasteiger partial charge < -0.3 is 10.8 Å². The molecule has 0 aliphatic carbocycles. The van der Waals surface area contributed by atoms with Crippen molar-refractivity contribution >= 4 is 11.8 Å². The fraction of sp³-hybridized carbons (Fsp3) is 1.00. The zero-order valence-electron chi connectivity index (χ0n) is 8.29. The van der Waals surface area contributed by atoms with Gasteiger partial charge in [-0.3, -0.25) is 0 Å². The average Bonchev–Trinajstić information content (AvgIpc) is 1.96. The lowest BCUT2D eigenvalue weighted by molar-refractivity contribution is 0.285. The SMILES string of the molecule is CC(C)CCSC(CO)C(C)N. The fourth-order valence-electron chi connectivity index (χ4n) is 0.826. The minimum absolute atomic E-state index is 0.0900. The zero-order valence-corrected chi connectivity index (χ0v) is 9.10. The first kappa shape index (κ1) is 12.3. The largest absolute Gasteiger partial charge is 0.395 e. The Bertz CT molecular complexity index is 107. The van der Waals surface area contributed by atoms with Crippen LogP contribution in [0.1, 0.15) is 27.2 Å². The van der Waals surface area contributed by atoms with Crippen molar-refractivity contribution in [3.63, 3.8) is 0 Å². The van der Waals surface area contributed by atoms with Crippen LogP contribution in [0.4, 0.5) is 0 Å². The summed E-state index contributed by atoms with van der Waals surface area (Å²) in [6.45, 7) is 6.56. The van der Waals surface area contributed by atoms with E-state index in [1.54, 1.807) is 11.8 Å². The number of thioether (sulfide) groups is 1. The molecule has 74 valence electrons. The summed E-state index contributed by atoms with van der Waals surface area (Å²) in [6.07, 6.45) is 1.20. The van der Waals surface area contributed by atoms with E-state index in [-0.39, 0.29) is 17.9 Å². The van der Waals surface area contributed by atoms with Crippen LogP contribution in [0, 0.1) is 5.92 Å². The molecule has 0 aromatic heterocycles. The molecule has 12 heavy (non-hydrogen) atoms. The van der Waals surface area contributed by atoms with E-state index in [9.17, 15) is 0 Å². The molecular weight excluding hydrogens is 170 g/mol. The summed E-state index contributed by atoms with van der Waals surface area (Å²) < 4.78 is 0. The van der Waals surface area contributed by atoms with E-state index >= 15 is 0 Å². The lowest BCUT2D eigenvalue weighted by Crippen LogP contribution is -2.32. The molecule has 0 fully saturated rings. The maximum Gasteiger partial charge on any atom is 0.0564 e. The van der Waals surface area contributed by atoms with Crippen LogP contribution in [0.3, 0.4) is 0 Å².